The Hall–Kier alpha value is -0.650. The summed E-state index contributed by atoms with van der Waals surface area (Å²) in [5.41, 5.74) is 1.28. The van der Waals surface area contributed by atoms with E-state index in [1.807, 2.05) is 18.3 Å². The highest BCUT2D eigenvalue weighted by atomic mass is 35.5. The minimum Gasteiger partial charge on any atom is -0.299 e. The molecule has 0 radical (unpaired) electrons. The van der Waals surface area contributed by atoms with Gasteiger partial charge in [0.25, 0.3) is 0 Å². The summed E-state index contributed by atoms with van der Waals surface area (Å²) < 4.78 is 0.635. The van der Waals surface area contributed by atoms with E-state index in [1.54, 1.807) is 11.3 Å². The maximum atomic E-state index is 6.07. The Morgan fingerprint density at radius 3 is 2.74 bits per heavy atom. The van der Waals surface area contributed by atoms with Crippen LogP contribution in [0.5, 0.6) is 0 Å². The lowest BCUT2D eigenvalue weighted by molar-refractivity contribution is 0.120. The van der Waals surface area contributed by atoms with E-state index >= 15 is 0 Å². The van der Waals surface area contributed by atoms with Gasteiger partial charge in [0.05, 0.1) is 0 Å². The topological polar surface area (TPSA) is 19.4 Å². The Morgan fingerprint density at radius 2 is 2.09 bits per heavy atom. The molecule has 1 aromatic heterocycles. The van der Waals surface area contributed by atoms with E-state index in [-0.39, 0.29) is 0 Å². The average Bonchev–Trinajstić information content (AvgIpc) is 2.93. The second-order valence-electron chi connectivity index (χ2n) is 6.13. The molecule has 1 aliphatic rings. The van der Waals surface area contributed by atoms with Crippen molar-refractivity contribution in [2.75, 3.05) is 20.1 Å². The number of thiazole rings is 1. The van der Waals surface area contributed by atoms with Crippen molar-refractivity contribution in [1.82, 2.24) is 14.8 Å². The van der Waals surface area contributed by atoms with Crippen LogP contribution in [0.2, 0.25) is 9.49 Å². The van der Waals surface area contributed by atoms with E-state index in [4.69, 9.17) is 23.2 Å². The first-order valence-corrected chi connectivity index (χ1v) is 9.44. The lowest BCUT2D eigenvalue weighted by atomic mass is 10.0. The minimum absolute atomic E-state index is 0.635. The molecule has 3 rings (SSSR count). The molecule has 1 aromatic carbocycles. The molecule has 0 saturated carbocycles. The van der Waals surface area contributed by atoms with Crippen LogP contribution in [0.3, 0.4) is 0 Å². The first kappa shape index (κ1) is 17.2. The third kappa shape index (κ3) is 4.91. The monoisotopic (exact) mass is 369 g/mol. The minimum atomic E-state index is 0.635. The molecule has 0 aliphatic carbocycles. The van der Waals surface area contributed by atoms with Crippen molar-refractivity contribution in [3.8, 4) is 0 Å². The van der Waals surface area contributed by atoms with Gasteiger partial charge in [-0.15, -0.1) is 11.3 Å². The molecule has 0 atom stereocenters. The van der Waals surface area contributed by atoms with Crippen LogP contribution in [-0.4, -0.2) is 41.0 Å². The Bertz CT molecular complexity index is 638. The van der Waals surface area contributed by atoms with Gasteiger partial charge in [-0.1, -0.05) is 35.3 Å². The van der Waals surface area contributed by atoms with Crippen LogP contribution < -0.4 is 0 Å². The number of rotatable bonds is 5. The van der Waals surface area contributed by atoms with Crippen LogP contribution >= 0.6 is 34.5 Å². The van der Waals surface area contributed by atoms with Gasteiger partial charge < -0.3 is 0 Å². The van der Waals surface area contributed by atoms with E-state index in [2.05, 4.69) is 34.0 Å². The number of hydrogen-bond donors (Lipinski definition) is 0. The molecule has 23 heavy (non-hydrogen) atoms. The number of likely N-dealkylation sites (tertiary alicyclic amines) is 1. The van der Waals surface area contributed by atoms with E-state index in [0.717, 1.165) is 31.2 Å². The first-order valence-electron chi connectivity index (χ1n) is 7.87. The molecule has 6 heteroatoms. The van der Waals surface area contributed by atoms with Crippen LogP contribution in [-0.2, 0) is 13.1 Å². The van der Waals surface area contributed by atoms with Crippen molar-refractivity contribution < 1.29 is 0 Å². The summed E-state index contributed by atoms with van der Waals surface area (Å²) in [5, 5.41) is 0.814. The zero-order valence-corrected chi connectivity index (χ0v) is 15.5. The third-order valence-electron chi connectivity index (χ3n) is 4.41. The zero-order chi connectivity index (χ0) is 16.2. The second-order valence-corrected chi connectivity index (χ2v) is 8.27. The highest BCUT2D eigenvalue weighted by Crippen LogP contribution is 2.23. The normalized spacial score (nSPS) is 17.0. The summed E-state index contributed by atoms with van der Waals surface area (Å²) in [4.78, 5) is 10.3. The molecule has 1 fully saturated rings. The molecule has 3 nitrogen and oxygen atoms in total. The molecule has 0 unspecified atom stereocenters. The van der Waals surface area contributed by atoms with Gasteiger partial charge in [0.1, 0.15) is 0 Å². The average molecular weight is 370 g/mol. The van der Waals surface area contributed by atoms with E-state index in [0.29, 0.717) is 10.5 Å². The standard InChI is InChI=1S/C17H21Cl2N3S/c1-21(11-13-3-2-4-14(18)9-13)15-5-7-22(8-6-15)12-16-10-20-17(19)23-16/h2-4,9-10,15H,5-8,11-12H2,1H3. The van der Waals surface area contributed by atoms with E-state index in [1.165, 1.54) is 23.3 Å². The van der Waals surface area contributed by atoms with Crippen LogP contribution in [0.4, 0.5) is 0 Å². The molecule has 0 spiro atoms. The van der Waals surface area contributed by atoms with Crippen molar-refractivity contribution in [2.24, 2.45) is 0 Å². The summed E-state index contributed by atoms with van der Waals surface area (Å²) in [6.07, 6.45) is 4.29. The molecule has 124 valence electrons. The van der Waals surface area contributed by atoms with Gasteiger partial charge in [-0.25, -0.2) is 4.98 Å². The number of piperidine rings is 1. The molecule has 2 heterocycles. The molecule has 0 amide bonds. The maximum Gasteiger partial charge on any atom is 0.183 e. The summed E-state index contributed by atoms with van der Waals surface area (Å²) in [6.45, 7) is 4.17. The van der Waals surface area contributed by atoms with Crippen molar-refractivity contribution >= 4 is 34.5 Å². The van der Waals surface area contributed by atoms with E-state index in [9.17, 15) is 0 Å². The fourth-order valence-electron chi connectivity index (χ4n) is 3.15. The highest BCUT2D eigenvalue weighted by molar-refractivity contribution is 7.15. The van der Waals surface area contributed by atoms with Gasteiger partial charge in [-0.3, -0.25) is 9.80 Å². The Morgan fingerprint density at radius 1 is 1.30 bits per heavy atom. The summed E-state index contributed by atoms with van der Waals surface area (Å²) in [5.74, 6) is 0. The first-order chi connectivity index (χ1) is 11.1. The molecule has 1 aliphatic heterocycles. The predicted octanol–water partition coefficient (Wildman–Crippen LogP) is 4.55. The predicted molar refractivity (Wildman–Crippen MR) is 98.3 cm³/mol. The number of halogens is 2. The van der Waals surface area contributed by atoms with Crippen molar-refractivity contribution in [1.29, 1.82) is 0 Å². The number of hydrogen-bond acceptors (Lipinski definition) is 4. The quantitative estimate of drug-likeness (QED) is 0.770. The maximum absolute atomic E-state index is 6.07. The van der Waals surface area contributed by atoms with Crippen LogP contribution in [0.1, 0.15) is 23.3 Å². The van der Waals surface area contributed by atoms with Crippen LogP contribution in [0, 0.1) is 0 Å². The highest BCUT2D eigenvalue weighted by Gasteiger charge is 2.22. The Kier molecular flexibility index (Phi) is 5.94. The fraction of sp³-hybridized carbons (Fsp3) is 0.471. The third-order valence-corrected chi connectivity index (χ3v) is 5.74. The second kappa shape index (κ2) is 7.95. The van der Waals surface area contributed by atoms with Crippen LogP contribution in [0.25, 0.3) is 0 Å². The fourth-order valence-corrected chi connectivity index (χ4v) is 4.38. The molecular formula is C17H21Cl2N3S. The summed E-state index contributed by atoms with van der Waals surface area (Å²) >= 11 is 13.6. The smallest absolute Gasteiger partial charge is 0.183 e. The summed E-state index contributed by atoms with van der Waals surface area (Å²) in [6, 6.07) is 8.78. The molecule has 1 saturated heterocycles. The Balaban J connectivity index is 1.48. The van der Waals surface area contributed by atoms with Crippen LogP contribution in [0.15, 0.2) is 30.5 Å². The lowest BCUT2D eigenvalue weighted by Gasteiger charge is -2.36. The number of nitrogens with zero attached hydrogens (tertiary/aromatic N) is 3. The van der Waals surface area contributed by atoms with Crippen molar-refractivity contribution in [2.45, 2.75) is 32.0 Å². The number of benzene rings is 1. The molecule has 0 N–H and O–H groups in total. The van der Waals surface area contributed by atoms with Gasteiger partial charge in [0, 0.05) is 48.3 Å². The zero-order valence-electron chi connectivity index (χ0n) is 13.2. The molecular weight excluding hydrogens is 349 g/mol. The lowest BCUT2D eigenvalue weighted by Crippen LogP contribution is -2.42. The van der Waals surface area contributed by atoms with Gasteiger partial charge in [0.15, 0.2) is 4.47 Å². The SMILES string of the molecule is CN(Cc1cccc(Cl)c1)C1CCN(Cc2cnc(Cl)s2)CC1. The molecule has 2 aromatic rings. The van der Waals surface area contributed by atoms with Gasteiger partial charge in [-0.2, -0.15) is 0 Å². The van der Waals surface area contributed by atoms with E-state index < -0.39 is 0 Å². The summed E-state index contributed by atoms with van der Waals surface area (Å²) in [7, 11) is 2.21. The van der Waals surface area contributed by atoms with Gasteiger partial charge >= 0.3 is 0 Å². The Labute approximate surface area is 151 Å². The molecule has 0 bridgehead atoms. The largest absolute Gasteiger partial charge is 0.299 e. The van der Waals surface area contributed by atoms with Crippen molar-refractivity contribution in [3.05, 3.63) is 50.4 Å². The van der Waals surface area contributed by atoms with Crippen molar-refractivity contribution in [3.63, 3.8) is 0 Å². The van der Waals surface area contributed by atoms with Gasteiger partial charge in [-0.05, 0) is 37.6 Å². The van der Waals surface area contributed by atoms with Gasteiger partial charge in [0.2, 0.25) is 0 Å². The number of aromatic nitrogens is 1.